The van der Waals surface area contributed by atoms with Gasteiger partial charge in [-0.15, -0.1) is 0 Å². The van der Waals surface area contributed by atoms with Crippen LogP contribution in [0.3, 0.4) is 0 Å². The summed E-state index contributed by atoms with van der Waals surface area (Å²) >= 11 is 0. The minimum absolute atomic E-state index is 0.534. The number of hydrogen-bond acceptors (Lipinski definition) is 3. The van der Waals surface area contributed by atoms with Crippen molar-refractivity contribution in [1.82, 2.24) is 9.88 Å². The van der Waals surface area contributed by atoms with Crippen molar-refractivity contribution in [2.24, 2.45) is 0 Å². The number of nitrogens with zero attached hydrogens (tertiary/aromatic N) is 2. The van der Waals surface area contributed by atoms with E-state index in [-0.39, 0.29) is 0 Å². The molecule has 94 valence electrons. The molecule has 1 aliphatic heterocycles. The van der Waals surface area contributed by atoms with Gasteiger partial charge in [0.15, 0.2) is 0 Å². The Balaban J connectivity index is 2.24. The Labute approximate surface area is 104 Å². The molecule has 1 aliphatic rings. The first-order valence-corrected chi connectivity index (χ1v) is 6.39. The Hall–Kier alpha value is -1.09. The zero-order chi connectivity index (χ0) is 12.4. The van der Waals surface area contributed by atoms with Crippen LogP contribution in [-0.2, 0) is 0 Å². The first-order valence-electron chi connectivity index (χ1n) is 6.39. The van der Waals surface area contributed by atoms with E-state index in [0.717, 1.165) is 11.4 Å². The first-order chi connectivity index (χ1) is 8.13. The molecule has 1 atom stereocenters. The molecule has 2 heterocycles. The quantitative estimate of drug-likeness (QED) is 0.804. The zero-order valence-electron chi connectivity index (χ0n) is 11.2. The Morgan fingerprint density at radius 3 is 2.82 bits per heavy atom. The number of rotatable bonds is 3. The normalized spacial score (nSPS) is 21.1. The molecule has 1 saturated heterocycles. The summed E-state index contributed by atoms with van der Waals surface area (Å²) in [5.74, 6) is 0.739. The number of aryl methyl sites for hydroxylation is 1. The van der Waals surface area contributed by atoms with E-state index in [0.29, 0.717) is 12.1 Å². The second-order valence-corrected chi connectivity index (χ2v) is 5.08. The van der Waals surface area contributed by atoms with Gasteiger partial charge in [0.1, 0.15) is 0 Å². The van der Waals surface area contributed by atoms with Gasteiger partial charge in [0.25, 0.3) is 0 Å². The Morgan fingerprint density at radius 2 is 2.24 bits per heavy atom. The summed E-state index contributed by atoms with van der Waals surface area (Å²) in [5.41, 5.74) is 2.45. The highest BCUT2D eigenvalue weighted by Crippen LogP contribution is 2.34. The van der Waals surface area contributed by atoms with Crippen molar-refractivity contribution in [2.45, 2.75) is 45.7 Å². The lowest BCUT2D eigenvalue weighted by molar-refractivity contribution is 0.205. The van der Waals surface area contributed by atoms with E-state index in [1.807, 2.05) is 6.20 Å². The van der Waals surface area contributed by atoms with Crippen LogP contribution >= 0.6 is 0 Å². The standard InChI is InChI=1S/C14H22N2O/c1-10(2)16-7-5-6-13(16)12-8-11(3)14(17-4)15-9-12/h8-10,13H,5-7H2,1-4H3/t13-/m0/s1. The number of aromatic nitrogens is 1. The number of pyridine rings is 1. The second kappa shape index (κ2) is 5.05. The summed E-state index contributed by atoms with van der Waals surface area (Å²) in [6.07, 6.45) is 4.50. The van der Waals surface area contributed by atoms with Crippen molar-refractivity contribution >= 4 is 0 Å². The molecule has 17 heavy (non-hydrogen) atoms. The van der Waals surface area contributed by atoms with Gasteiger partial charge in [0, 0.05) is 23.8 Å². The maximum Gasteiger partial charge on any atom is 0.215 e. The number of likely N-dealkylation sites (tertiary alicyclic amines) is 1. The molecule has 0 bridgehead atoms. The van der Waals surface area contributed by atoms with Gasteiger partial charge in [0.05, 0.1) is 7.11 Å². The molecule has 0 N–H and O–H groups in total. The van der Waals surface area contributed by atoms with E-state index in [4.69, 9.17) is 4.74 Å². The lowest BCUT2D eigenvalue weighted by Gasteiger charge is -2.28. The predicted molar refractivity (Wildman–Crippen MR) is 69.3 cm³/mol. The first kappa shape index (κ1) is 12.4. The summed E-state index contributed by atoms with van der Waals surface area (Å²) in [6.45, 7) is 7.79. The molecule has 1 aromatic rings. The number of methoxy groups -OCH3 is 1. The molecule has 0 amide bonds. The molecule has 3 nitrogen and oxygen atoms in total. The third-order valence-electron chi connectivity index (χ3n) is 3.59. The lowest BCUT2D eigenvalue weighted by atomic mass is 10.0. The molecule has 0 spiro atoms. The third kappa shape index (κ3) is 2.44. The summed E-state index contributed by atoms with van der Waals surface area (Å²) in [4.78, 5) is 6.94. The van der Waals surface area contributed by atoms with Crippen LogP contribution in [0.4, 0.5) is 0 Å². The van der Waals surface area contributed by atoms with Crippen LogP contribution in [0.15, 0.2) is 12.3 Å². The van der Waals surface area contributed by atoms with E-state index < -0.39 is 0 Å². The van der Waals surface area contributed by atoms with Gasteiger partial charge in [-0.2, -0.15) is 0 Å². The second-order valence-electron chi connectivity index (χ2n) is 5.08. The largest absolute Gasteiger partial charge is 0.481 e. The molecule has 3 heteroatoms. The molecule has 0 aromatic carbocycles. The van der Waals surface area contributed by atoms with Gasteiger partial charge in [-0.05, 0) is 51.8 Å². The van der Waals surface area contributed by atoms with Gasteiger partial charge < -0.3 is 4.74 Å². The Bertz CT molecular complexity index is 390. The fourth-order valence-electron chi connectivity index (χ4n) is 2.75. The van der Waals surface area contributed by atoms with E-state index in [2.05, 4.69) is 36.7 Å². The van der Waals surface area contributed by atoms with Gasteiger partial charge in [0.2, 0.25) is 5.88 Å². The summed E-state index contributed by atoms with van der Waals surface area (Å²) in [7, 11) is 1.67. The molecule has 1 fully saturated rings. The summed E-state index contributed by atoms with van der Waals surface area (Å²) < 4.78 is 5.21. The number of hydrogen-bond donors (Lipinski definition) is 0. The molecule has 0 unspecified atom stereocenters. The maximum absolute atomic E-state index is 5.21. The van der Waals surface area contributed by atoms with E-state index in [1.54, 1.807) is 7.11 Å². The third-order valence-corrected chi connectivity index (χ3v) is 3.59. The summed E-state index contributed by atoms with van der Waals surface area (Å²) in [6, 6.07) is 3.36. The molecule has 2 rings (SSSR count). The number of ether oxygens (including phenoxy) is 1. The van der Waals surface area contributed by atoms with Crippen LogP contribution < -0.4 is 4.74 Å². The minimum atomic E-state index is 0.534. The van der Waals surface area contributed by atoms with Crippen molar-refractivity contribution in [1.29, 1.82) is 0 Å². The van der Waals surface area contributed by atoms with Crippen LogP contribution in [0.5, 0.6) is 5.88 Å². The van der Waals surface area contributed by atoms with Gasteiger partial charge in [-0.1, -0.05) is 0 Å². The van der Waals surface area contributed by atoms with Crippen LogP contribution in [0.25, 0.3) is 0 Å². The highest BCUT2D eigenvalue weighted by atomic mass is 16.5. The molecule has 0 saturated carbocycles. The summed E-state index contributed by atoms with van der Waals surface area (Å²) in [5, 5.41) is 0. The van der Waals surface area contributed by atoms with Crippen molar-refractivity contribution in [3.63, 3.8) is 0 Å². The van der Waals surface area contributed by atoms with Gasteiger partial charge >= 0.3 is 0 Å². The van der Waals surface area contributed by atoms with Crippen molar-refractivity contribution in [2.75, 3.05) is 13.7 Å². The average molecular weight is 234 g/mol. The monoisotopic (exact) mass is 234 g/mol. The van der Waals surface area contributed by atoms with Crippen LogP contribution in [0.2, 0.25) is 0 Å². The van der Waals surface area contributed by atoms with Crippen molar-refractivity contribution in [3.05, 3.63) is 23.4 Å². The van der Waals surface area contributed by atoms with Crippen LogP contribution in [0, 0.1) is 6.92 Å². The topological polar surface area (TPSA) is 25.4 Å². The molecule has 1 aromatic heterocycles. The van der Waals surface area contributed by atoms with Crippen molar-refractivity contribution < 1.29 is 4.74 Å². The van der Waals surface area contributed by atoms with E-state index >= 15 is 0 Å². The smallest absolute Gasteiger partial charge is 0.215 e. The van der Waals surface area contributed by atoms with Crippen LogP contribution in [0.1, 0.15) is 43.9 Å². The van der Waals surface area contributed by atoms with E-state index in [1.165, 1.54) is 24.9 Å². The fraction of sp³-hybridized carbons (Fsp3) is 0.643. The SMILES string of the molecule is COc1ncc([C@@H]2CCCN2C(C)C)cc1C. The molecular weight excluding hydrogens is 212 g/mol. The average Bonchev–Trinajstić information content (AvgIpc) is 2.77. The van der Waals surface area contributed by atoms with Crippen molar-refractivity contribution in [3.8, 4) is 5.88 Å². The lowest BCUT2D eigenvalue weighted by Crippen LogP contribution is -2.30. The Kier molecular flexibility index (Phi) is 3.67. The van der Waals surface area contributed by atoms with E-state index in [9.17, 15) is 0 Å². The van der Waals surface area contributed by atoms with Crippen LogP contribution in [-0.4, -0.2) is 29.6 Å². The highest BCUT2D eigenvalue weighted by molar-refractivity contribution is 5.30. The van der Waals surface area contributed by atoms with Gasteiger partial charge in [-0.3, -0.25) is 4.90 Å². The Morgan fingerprint density at radius 1 is 1.47 bits per heavy atom. The maximum atomic E-state index is 5.21. The molecule has 0 aliphatic carbocycles. The van der Waals surface area contributed by atoms with Gasteiger partial charge in [-0.25, -0.2) is 4.98 Å². The highest BCUT2D eigenvalue weighted by Gasteiger charge is 2.28. The predicted octanol–water partition coefficient (Wildman–Crippen LogP) is 2.94. The molecule has 0 radical (unpaired) electrons. The zero-order valence-corrected chi connectivity index (χ0v) is 11.2. The minimum Gasteiger partial charge on any atom is -0.481 e. The molecular formula is C14H22N2O. The fourth-order valence-corrected chi connectivity index (χ4v) is 2.75.